The number of carbonyl (C=O) groups is 1. The molecule has 4 nitrogen and oxygen atoms in total. The molecule has 0 saturated heterocycles. The van der Waals surface area contributed by atoms with Crippen LogP contribution in [-0.4, -0.2) is 36.1 Å². The Morgan fingerprint density at radius 2 is 2.13 bits per heavy atom. The fourth-order valence-electron chi connectivity index (χ4n) is 4.66. The average Bonchev–Trinajstić information content (AvgIpc) is 3.11. The third kappa shape index (κ3) is 2.93. The minimum absolute atomic E-state index is 0.116. The number of hydrogen-bond acceptors (Lipinski definition) is 3. The molecule has 2 atom stereocenters. The Labute approximate surface area is 139 Å². The number of hydrogen-bond donors (Lipinski definition) is 0. The summed E-state index contributed by atoms with van der Waals surface area (Å²) in [5.74, 6) is 0.116. The zero-order valence-corrected chi connectivity index (χ0v) is 14.4. The van der Waals surface area contributed by atoms with Crippen molar-refractivity contribution in [2.75, 3.05) is 13.2 Å². The highest BCUT2D eigenvalue weighted by Gasteiger charge is 2.58. The van der Waals surface area contributed by atoms with Gasteiger partial charge in [0, 0.05) is 24.6 Å². The number of nitrogens with zero attached hydrogens (tertiary/aromatic N) is 1. The van der Waals surface area contributed by atoms with Gasteiger partial charge in [0.05, 0.1) is 17.9 Å². The largest absolute Gasteiger partial charge is 0.472 e. The topological polar surface area (TPSA) is 42.7 Å². The van der Waals surface area contributed by atoms with Crippen molar-refractivity contribution in [2.24, 2.45) is 5.41 Å². The summed E-state index contributed by atoms with van der Waals surface area (Å²) in [6.45, 7) is 5.80. The Kier molecular flexibility index (Phi) is 5.10. The second kappa shape index (κ2) is 7.08. The first-order valence-electron chi connectivity index (χ1n) is 9.17. The van der Waals surface area contributed by atoms with Gasteiger partial charge in [-0.15, -0.1) is 0 Å². The molecule has 0 unspecified atom stereocenters. The molecule has 1 spiro atoms. The Morgan fingerprint density at radius 1 is 1.35 bits per heavy atom. The van der Waals surface area contributed by atoms with Gasteiger partial charge in [-0.2, -0.15) is 0 Å². The van der Waals surface area contributed by atoms with Crippen molar-refractivity contribution in [3.63, 3.8) is 0 Å². The Morgan fingerprint density at radius 3 is 2.74 bits per heavy atom. The van der Waals surface area contributed by atoms with Gasteiger partial charge in [-0.3, -0.25) is 4.79 Å². The van der Waals surface area contributed by atoms with E-state index in [4.69, 9.17) is 9.15 Å². The zero-order valence-electron chi connectivity index (χ0n) is 14.4. The Balaban J connectivity index is 1.82. The highest BCUT2D eigenvalue weighted by Crippen LogP contribution is 2.55. The van der Waals surface area contributed by atoms with E-state index in [1.807, 2.05) is 0 Å². The molecular formula is C19H29NO3. The maximum atomic E-state index is 12.9. The normalized spacial score (nSPS) is 26.0. The van der Waals surface area contributed by atoms with Crippen molar-refractivity contribution in [2.45, 2.75) is 70.9 Å². The zero-order chi connectivity index (χ0) is 16.3. The fourth-order valence-corrected chi connectivity index (χ4v) is 4.66. The maximum Gasteiger partial charge on any atom is 0.257 e. The Hall–Kier alpha value is -1.29. The molecule has 1 aromatic heterocycles. The third-order valence-corrected chi connectivity index (χ3v) is 5.76. The number of amides is 1. The maximum absolute atomic E-state index is 12.9. The van der Waals surface area contributed by atoms with Crippen LogP contribution in [0.3, 0.4) is 0 Å². The standard InChI is InChI=1S/C19H29NO3/c1-3-11-20(18(21)15-8-12-22-14-15)16-13-17(23-4-2)19(16)9-6-5-7-10-19/h8,12,14,16-17H,3-7,9-11,13H2,1-2H3/t16-,17-/m0/s1. The predicted octanol–water partition coefficient (Wildman–Crippen LogP) is 4.26. The summed E-state index contributed by atoms with van der Waals surface area (Å²) in [6.07, 6.45) is 11.7. The average molecular weight is 319 g/mol. The first kappa shape index (κ1) is 16.6. The monoisotopic (exact) mass is 319 g/mol. The molecule has 128 valence electrons. The molecule has 4 heteroatoms. The van der Waals surface area contributed by atoms with Crippen molar-refractivity contribution in [1.29, 1.82) is 0 Å². The lowest BCUT2D eigenvalue weighted by Gasteiger charge is -2.60. The van der Waals surface area contributed by atoms with Gasteiger partial charge in [0.15, 0.2) is 0 Å². The van der Waals surface area contributed by atoms with E-state index in [-0.39, 0.29) is 11.3 Å². The van der Waals surface area contributed by atoms with Gasteiger partial charge < -0.3 is 14.1 Å². The summed E-state index contributed by atoms with van der Waals surface area (Å²) in [4.78, 5) is 15.0. The number of ether oxygens (including phenoxy) is 1. The molecule has 1 heterocycles. The first-order chi connectivity index (χ1) is 11.2. The molecule has 2 fully saturated rings. The van der Waals surface area contributed by atoms with Gasteiger partial charge in [-0.1, -0.05) is 26.2 Å². The van der Waals surface area contributed by atoms with Gasteiger partial charge in [-0.25, -0.2) is 0 Å². The van der Waals surface area contributed by atoms with Crippen molar-refractivity contribution in [3.05, 3.63) is 24.2 Å². The van der Waals surface area contributed by atoms with E-state index in [1.54, 1.807) is 18.6 Å². The van der Waals surface area contributed by atoms with Gasteiger partial charge in [0.2, 0.25) is 0 Å². The SMILES string of the molecule is CCCN(C(=O)c1ccoc1)[C@H]1C[C@H](OCC)C12CCCCC2. The van der Waals surface area contributed by atoms with Crippen LogP contribution in [0.1, 0.15) is 69.2 Å². The summed E-state index contributed by atoms with van der Waals surface area (Å²) >= 11 is 0. The molecule has 0 aromatic carbocycles. The quantitative estimate of drug-likeness (QED) is 0.787. The molecule has 0 bridgehead atoms. The lowest BCUT2D eigenvalue weighted by molar-refractivity contribution is -0.174. The van der Waals surface area contributed by atoms with Crippen LogP contribution < -0.4 is 0 Å². The molecule has 1 aromatic rings. The van der Waals surface area contributed by atoms with E-state index in [2.05, 4.69) is 18.7 Å². The van der Waals surface area contributed by atoms with E-state index >= 15 is 0 Å². The second-order valence-corrected chi connectivity index (χ2v) is 7.00. The van der Waals surface area contributed by atoms with Crippen LogP contribution in [0.2, 0.25) is 0 Å². The molecule has 3 rings (SSSR count). The molecule has 2 aliphatic carbocycles. The van der Waals surface area contributed by atoms with Crippen molar-refractivity contribution < 1.29 is 13.9 Å². The van der Waals surface area contributed by atoms with E-state index in [0.717, 1.165) is 26.0 Å². The number of furan rings is 1. The van der Waals surface area contributed by atoms with E-state index in [9.17, 15) is 4.79 Å². The molecule has 23 heavy (non-hydrogen) atoms. The van der Waals surface area contributed by atoms with Crippen LogP contribution in [-0.2, 0) is 4.74 Å². The second-order valence-electron chi connectivity index (χ2n) is 7.00. The van der Waals surface area contributed by atoms with Gasteiger partial charge in [0.25, 0.3) is 5.91 Å². The molecule has 0 radical (unpaired) electrons. The molecule has 0 N–H and O–H groups in total. The van der Waals surface area contributed by atoms with Crippen LogP contribution in [0.15, 0.2) is 23.0 Å². The van der Waals surface area contributed by atoms with Crippen molar-refractivity contribution in [1.82, 2.24) is 4.90 Å². The third-order valence-electron chi connectivity index (χ3n) is 5.76. The van der Waals surface area contributed by atoms with Crippen LogP contribution in [0.4, 0.5) is 0 Å². The minimum Gasteiger partial charge on any atom is -0.472 e. The summed E-state index contributed by atoms with van der Waals surface area (Å²) < 4.78 is 11.2. The highest BCUT2D eigenvalue weighted by atomic mass is 16.5. The Bertz CT molecular complexity index is 505. The van der Waals surface area contributed by atoms with Crippen LogP contribution in [0, 0.1) is 5.41 Å². The summed E-state index contributed by atoms with van der Waals surface area (Å²) in [6, 6.07) is 2.10. The van der Waals surface area contributed by atoms with Gasteiger partial charge in [-0.05, 0) is 38.7 Å². The van der Waals surface area contributed by atoms with E-state index < -0.39 is 0 Å². The summed E-state index contributed by atoms with van der Waals surface area (Å²) in [7, 11) is 0. The molecule has 0 aliphatic heterocycles. The van der Waals surface area contributed by atoms with Gasteiger partial charge in [0.1, 0.15) is 6.26 Å². The molecule has 2 aliphatic rings. The molecular weight excluding hydrogens is 290 g/mol. The number of carbonyl (C=O) groups excluding carboxylic acids is 1. The molecule has 2 saturated carbocycles. The number of rotatable bonds is 6. The van der Waals surface area contributed by atoms with Crippen LogP contribution in [0.25, 0.3) is 0 Å². The fraction of sp³-hybridized carbons (Fsp3) is 0.737. The first-order valence-corrected chi connectivity index (χ1v) is 9.17. The molecule has 1 amide bonds. The van der Waals surface area contributed by atoms with Crippen molar-refractivity contribution in [3.8, 4) is 0 Å². The lowest BCUT2D eigenvalue weighted by Crippen LogP contribution is -2.66. The van der Waals surface area contributed by atoms with E-state index in [1.165, 1.54) is 32.1 Å². The predicted molar refractivity (Wildman–Crippen MR) is 89.4 cm³/mol. The summed E-state index contributed by atoms with van der Waals surface area (Å²) in [5, 5.41) is 0. The lowest BCUT2D eigenvalue weighted by atomic mass is 9.54. The highest BCUT2D eigenvalue weighted by molar-refractivity contribution is 5.94. The summed E-state index contributed by atoms with van der Waals surface area (Å²) in [5.41, 5.74) is 0.854. The van der Waals surface area contributed by atoms with Gasteiger partial charge >= 0.3 is 0 Å². The van der Waals surface area contributed by atoms with Crippen LogP contribution in [0.5, 0.6) is 0 Å². The van der Waals surface area contributed by atoms with E-state index in [0.29, 0.717) is 17.7 Å². The smallest absolute Gasteiger partial charge is 0.257 e. The minimum atomic E-state index is 0.116. The van der Waals surface area contributed by atoms with Crippen molar-refractivity contribution >= 4 is 5.91 Å². The van der Waals surface area contributed by atoms with Crippen LogP contribution >= 0.6 is 0 Å².